The molecule has 0 rings (SSSR count). The van der Waals surface area contributed by atoms with E-state index in [0.29, 0.717) is 12.3 Å². The number of nitrogens with zero attached hydrogens (tertiary/aromatic N) is 1. The van der Waals surface area contributed by atoms with Gasteiger partial charge < -0.3 is 10.2 Å². The summed E-state index contributed by atoms with van der Waals surface area (Å²) in [5, 5.41) is 17.9. The quantitative estimate of drug-likeness (QED) is 0.369. The average Bonchev–Trinajstić information content (AvgIpc) is 2.13. The first-order valence-electron chi connectivity index (χ1n) is 4.51. The van der Waals surface area contributed by atoms with E-state index in [1.165, 1.54) is 0 Å². The number of hydrogen-bond donors (Lipinski definition) is 2. The number of ketones is 1. The third kappa shape index (κ3) is 4.28. The van der Waals surface area contributed by atoms with Crippen molar-refractivity contribution in [3.8, 4) is 0 Å². The van der Waals surface area contributed by atoms with Gasteiger partial charge in [0.25, 0.3) is 0 Å². The lowest BCUT2D eigenvalue weighted by molar-refractivity contribution is -0.179. The van der Waals surface area contributed by atoms with Crippen LogP contribution in [0.3, 0.4) is 0 Å². The average molecular weight is 201 g/mol. The van der Waals surface area contributed by atoms with Crippen LogP contribution < -0.4 is 0 Å². The molecule has 5 heteroatoms. The van der Waals surface area contributed by atoms with Gasteiger partial charge >= 0.3 is 5.91 Å². The Labute approximate surface area is 82.5 Å². The van der Waals surface area contributed by atoms with Gasteiger partial charge in [0.15, 0.2) is 0 Å². The maximum absolute atomic E-state index is 11.1. The molecule has 14 heavy (non-hydrogen) atoms. The van der Waals surface area contributed by atoms with Crippen molar-refractivity contribution in [1.29, 1.82) is 0 Å². The van der Waals surface area contributed by atoms with Gasteiger partial charge in [-0.3, -0.25) is 4.79 Å². The number of carbonyl (C=O) groups excluding carboxylic acids is 2. The number of hydrogen-bond acceptors (Lipinski definition) is 5. The molecule has 0 bridgehead atoms. The summed E-state index contributed by atoms with van der Waals surface area (Å²) in [7, 11) is 0. The van der Waals surface area contributed by atoms with Crippen LogP contribution >= 0.6 is 0 Å². The number of isocyanates is 1. The van der Waals surface area contributed by atoms with E-state index in [1.807, 2.05) is 13.8 Å². The lowest BCUT2D eigenvalue weighted by Gasteiger charge is -2.13. The molecule has 0 spiro atoms. The third-order valence-electron chi connectivity index (χ3n) is 2.14. The summed E-state index contributed by atoms with van der Waals surface area (Å²) in [6, 6.07) is 0. The number of carbonyl (C=O) groups is 1. The first-order chi connectivity index (χ1) is 6.44. The molecule has 0 aliphatic rings. The Balaban J connectivity index is 4.14. The molecule has 0 amide bonds. The highest BCUT2D eigenvalue weighted by Gasteiger charge is 2.32. The van der Waals surface area contributed by atoms with Crippen molar-refractivity contribution < 1.29 is 19.8 Å². The molecule has 0 aromatic carbocycles. The summed E-state index contributed by atoms with van der Waals surface area (Å²) in [6.07, 6.45) is 2.40. The predicted molar refractivity (Wildman–Crippen MR) is 49.0 cm³/mol. The number of Topliss-reactive ketones (excluding diaryl/α,β-unsaturated/α-hetero) is 1. The molecule has 0 saturated heterocycles. The molecule has 0 aliphatic heterocycles. The molecule has 0 heterocycles. The first-order valence-corrected chi connectivity index (χ1v) is 4.51. The zero-order valence-corrected chi connectivity index (χ0v) is 8.36. The molecular formula is C9H15NO4. The molecule has 0 radical (unpaired) electrons. The summed E-state index contributed by atoms with van der Waals surface area (Å²) in [4.78, 5) is 23.5. The SMILES string of the molecule is CCC(C)CCC(=O)C(O)(O)N=C=O. The number of aliphatic imine (C=N–C) groups is 1. The molecule has 1 atom stereocenters. The third-order valence-corrected chi connectivity index (χ3v) is 2.14. The summed E-state index contributed by atoms with van der Waals surface area (Å²) in [5.41, 5.74) is 0. The van der Waals surface area contributed by atoms with E-state index in [1.54, 1.807) is 0 Å². The molecule has 0 aromatic heterocycles. The van der Waals surface area contributed by atoms with Crippen molar-refractivity contribution >= 4 is 11.9 Å². The zero-order valence-electron chi connectivity index (χ0n) is 8.36. The van der Waals surface area contributed by atoms with Gasteiger partial charge in [-0.15, -0.1) is 4.99 Å². The molecule has 0 aromatic rings. The van der Waals surface area contributed by atoms with Crippen LogP contribution in [0.1, 0.15) is 33.1 Å². The fraction of sp³-hybridized carbons (Fsp3) is 0.778. The number of aliphatic hydroxyl groups is 2. The topological polar surface area (TPSA) is 87.0 Å². The highest BCUT2D eigenvalue weighted by atomic mass is 16.5. The van der Waals surface area contributed by atoms with Crippen LogP contribution in [0.25, 0.3) is 0 Å². The van der Waals surface area contributed by atoms with E-state index < -0.39 is 11.7 Å². The molecule has 0 saturated carbocycles. The highest BCUT2D eigenvalue weighted by molar-refractivity contribution is 5.85. The van der Waals surface area contributed by atoms with Crippen molar-refractivity contribution in [3.05, 3.63) is 0 Å². The van der Waals surface area contributed by atoms with Crippen LogP contribution in [-0.2, 0) is 9.59 Å². The minimum Gasteiger partial charge on any atom is -0.341 e. The second-order valence-corrected chi connectivity index (χ2v) is 3.31. The van der Waals surface area contributed by atoms with Crippen molar-refractivity contribution in [2.24, 2.45) is 10.9 Å². The minimum absolute atomic E-state index is 0.00676. The van der Waals surface area contributed by atoms with Gasteiger partial charge in [-0.2, -0.15) is 0 Å². The Hall–Kier alpha value is -1.03. The van der Waals surface area contributed by atoms with Crippen molar-refractivity contribution in [2.45, 2.75) is 39.0 Å². The van der Waals surface area contributed by atoms with Crippen LogP contribution in [0, 0.1) is 5.92 Å². The summed E-state index contributed by atoms with van der Waals surface area (Å²) < 4.78 is 0. The van der Waals surface area contributed by atoms with Crippen molar-refractivity contribution in [1.82, 2.24) is 0 Å². The van der Waals surface area contributed by atoms with Crippen LogP contribution in [0.15, 0.2) is 4.99 Å². The van der Waals surface area contributed by atoms with Crippen LogP contribution in [-0.4, -0.2) is 28.0 Å². The molecule has 2 N–H and O–H groups in total. The maximum atomic E-state index is 11.1. The summed E-state index contributed by atoms with van der Waals surface area (Å²) in [5.74, 6) is -3.44. The fourth-order valence-electron chi connectivity index (χ4n) is 0.875. The van der Waals surface area contributed by atoms with Gasteiger partial charge in [0.2, 0.25) is 11.9 Å². The largest absolute Gasteiger partial charge is 0.341 e. The van der Waals surface area contributed by atoms with E-state index in [4.69, 9.17) is 10.2 Å². The molecule has 0 aliphatic carbocycles. The fourth-order valence-corrected chi connectivity index (χ4v) is 0.875. The number of rotatable bonds is 6. The van der Waals surface area contributed by atoms with Gasteiger partial charge in [0.05, 0.1) is 0 Å². The van der Waals surface area contributed by atoms with E-state index >= 15 is 0 Å². The Morgan fingerprint density at radius 1 is 1.57 bits per heavy atom. The second-order valence-electron chi connectivity index (χ2n) is 3.31. The van der Waals surface area contributed by atoms with Crippen molar-refractivity contribution in [2.75, 3.05) is 0 Å². The van der Waals surface area contributed by atoms with Gasteiger partial charge in [0.1, 0.15) is 0 Å². The Morgan fingerprint density at radius 3 is 2.57 bits per heavy atom. The first kappa shape index (κ1) is 13.0. The van der Waals surface area contributed by atoms with Gasteiger partial charge in [-0.05, 0) is 12.3 Å². The molecule has 5 nitrogen and oxygen atoms in total. The zero-order chi connectivity index (χ0) is 11.2. The van der Waals surface area contributed by atoms with E-state index in [-0.39, 0.29) is 6.42 Å². The molecule has 1 unspecified atom stereocenters. The lowest BCUT2D eigenvalue weighted by atomic mass is 10.0. The van der Waals surface area contributed by atoms with E-state index in [0.717, 1.165) is 12.5 Å². The highest BCUT2D eigenvalue weighted by Crippen LogP contribution is 2.14. The summed E-state index contributed by atoms with van der Waals surface area (Å²) in [6.45, 7) is 3.93. The molecule has 80 valence electrons. The van der Waals surface area contributed by atoms with Crippen LogP contribution in [0.4, 0.5) is 0 Å². The van der Waals surface area contributed by atoms with Gasteiger partial charge in [-0.25, -0.2) is 4.79 Å². The molecular weight excluding hydrogens is 186 g/mol. The standard InChI is InChI=1S/C9H15NO4/c1-3-7(2)4-5-8(12)9(13,14)10-6-11/h7,13-14H,3-5H2,1-2H3. The van der Waals surface area contributed by atoms with Gasteiger partial charge in [-0.1, -0.05) is 20.3 Å². The monoisotopic (exact) mass is 201 g/mol. The lowest BCUT2D eigenvalue weighted by Crippen LogP contribution is -2.36. The summed E-state index contributed by atoms with van der Waals surface area (Å²) >= 11 is 0. The van der Waals surface area contributed by atoms with Crippen molar-refractivity contribution in [3.63, 3.8) is 0 Å². The Kier molecular flexibility index (Phi) is 5.23. The predicted octanol–water partition coefficient (Wildman–Crippen LogP) is 0.356. The van der Waals surface area contributed by atoms with Crippen LogP contribution in [0.2, 0.25) is 0 Å². The maximum Gasteiger partial charge on any atom is 0.337 e. The van der Waals surface area contributed by atoms with Gasteiger partial charge in [0, 0.05) is 6.42 Å². The molecule has 0 fully saturated rings. The second kappa shape index (κ2) is 5.65. The Morgan fingerprint density at radius 2 is 2.14 bits per heavy atom. The Bertz CT molecular complexity index is 243. The van der Waals surface area contributed by atoms with Crippen LogP contribution in [0.5, 0.6) is 0 Å². The smallest absolute Gasteiger partial charge is 0.337 e. The van der Waals surface area contributed by atoms with E-state index in [2.05, 4.69) is 4.99 Å². The normalized spacial score (nSPS) is 13.1. The van der Waals surface area contributed by atoms with E-state index in [9.17, 15) is 9.59 Å². The minimum atomic E-state index is -2.89.